The summed E-state index contributed by atoms with van der Waals surface area (Å²) in [5, 5.41) is 1.73. The number of carbonyl (C=O) groups is 2. The van der Waals surface area contributed by atoms with E-state index >= 15 is 0 Å². The lowest BCUT2D eigenvalue weighted by Gasteiger charge is -2.43. The van der Waals surface area contributed by atoms with Crippen LogP contribution in [0.15, 0.2) is 64.4 Å². The van der Waals surface area contributed by atoms with Crippen LogP contribution in [0.4, 0.5) is 5.69 Å². The number of imide groups is 1. The molecular weight excluding hydrogens is 476 g/mol. The average molecular weight is 495 g/mol. The first-order chi connectivity index (χ1) is 16.0. The molecule has 1 N–H and O–H groups in total. The third-order valence-corrected chi connectivity index (χ3v) is 10.8. The van der Waals surface area contributed by atoms with Crippen molar-refractivity contribution >= 4 is 52.2 Å². The third kappa shape index (κ3) is 2.70. The molecule has 2 bridgehead atoms. The maximum atomic E-state index is 13.7. The van der Waals surface area contributed by atoms with Crippen molar-refractivity contribution in [1.29, 1.82) is 0 Å². The predicted octanol–water partition coefficient (Wildman–Crippen LogP) is 4.77. The largest absolute Gasteiger partial charge is 0.307 e. The van der Waals surface area contributed by atoms with Gasteiger partial charge in [0.1, 0.15) is 0 Å². The Morgan fingerprint density at radius 3 is 2.33 bits per heavy atom. The molecule has 2 saturated carbocycles. The number of thioether (sulfide) groups is 1. The molecule has 0 spiro atoms. The maximum Gasteiger partial charge on any atom is 0.305 e. The molecule has 7 atom stereocenters. The number of thiazole rings is 1. The number of aromatic nitrogens is 1. The van der Waals surface area contributed by atoms with Gasteiger partial charge in [-0.15, -0.1) is 11.8 Å². The van der Waals surface area contributed by atoms with E-state index in [0.717, 1.165) is 16.3 Å². The molecular formula is C25H19ClN2O3S2. The highest BCUT2D eigenvalue weighted by Gasteiger charge is 2.69. The number of hydrogen-bond acceptors (Lipinski definition) is 5. The van der Waals surface area contributed by atoms with Gasteiger partial charge < -0.3 is 4.98 Å². The molecule has 5 nitrogen and oxygen atoms in total. The topological polar surface area (TPSA) is 70.2 Å². The normalized spacial score (nSPS) is 33.8. The Hall–Kier alpha value is -2.35. The first-order valence-corrected chi connectivity index (χ1v) is 13.2. The zero-order valence-corrected chi connectivity index (χ0v) is 19.7. The Kier molecular flexibility index (Phi) is 4.30. The van der Waals surface area contributed by atoms with Gasteiger partial charge in [-0.3, -0.25) is 19.3 Å². The summed E-state index contributed by atoms with van der Waals surface area (Å²) in [5.74, 6) is -0.181. The summed E-state index contributed by atoms with van der Waals surface area (Å²) in [4.78, 5) is 45.0. The minimum absolute atomic E-state index is 0.0398. The molecule has 8 heteroatoms. The zero-order chi connectivity index (χ0) is 22.4. The number of carbonyl (C=O) groups excluding carboxylic acids is 2. The second-order valence-electron chi connectivity index (χ2n) is 9.36. The molecule has 33 heavy (non-hydrogen) atoms. The summed E-state index contributed by atoms with van der Waals surface area (Å²) in [6, 6.07) is 17.2. The van der Waals surface area contributed by atoms with Gasteiger partial charge >= 0.3 is 4.87 Å². The van der Waals surface area contributed by atoms with Crippen molar-refractivity contribution in [2.24, 2.45) is 29.6 Å². The fourth-order valence-electron chi connectivity index (χ4n) is 6.90. The van der Waals surface area contributed by atoms with Crippen LogP contribution in [0.25, 0.3) is 0 Å². The summed E-state index contributed by atoms with van der Waals surface area (Å²) >= 11 is 9.03. The lowest BCUT2D eigenvalue weighted by atomic mass is 9.68. The van der Waals surface area contributed by atoms with Gasteiger partial charge in [0.15, 0.2) is 0 Å². The van der Waals surface area contributed by atoms with E-state index in [1.165, 1.54) is 21.8 Å². The molecule has 1 aromatic heterocycles. The maximum absolute atomic E-state index is 13.7. The predicted molar refractivity (Wildman–Crippen MR) is 129 cm³/mol. The minimum Gasteiger partial charge on any atom is -0.307 e. The lowest BCUT2D eigenvalue weighted by molar-refractivity contribution is -0.123. The molecule has 2 amide bonds. The van der Waals surface area contributed by atoms with Gasteiger partial charge in [-0.25, -0.2) is 0 Å². The number of fused-ring (bicyclic) bond motifs is 9. The summed E-state index contributed by atoms with van der Waals surface area (Å²) in [6.45, 7) is 0. The molecule has 5 unspecified atom stereocenters. The van der Waals surface area contributed by atoms with Crippen LogP contribution in [-0.2, 0) is 9.59 Å². The van der Waals surface area contributed by atoms with E-state index < -0.39 is 0 Å². The molecule has 2 aliphatic carbocycles. The van der Waals surface area contributed by atoms with Crippen LogP contribution in [-0.4, -0.2) is 22.0 Å². The Morgan fingerprint density at radius 2 is 1.61 bits per heavy atom. The fourth-order valence-corrected chi connectivity index (χ4v) is 9.91. The van der Waals surface area contributed by atoms with E-state index in [9.17, 15) is 14.4 Å². The number of rotatable bonds is 2. The van der Waals surface area contributed by atoms with Gasteiger partial charge in [0, 0.05) is 21.1 Å². The molecule has 0 radical (unpaired) electrons. The highest BCUT2D eigenvalue weighted by molar-refractivity contribution is 8.00. The van der Waals surface area contributed by atoms with Crippen LogP contribution in [0.5, 0.6) is 0 Å². The van der Waals surface area contributed by atoms with Crippen molar-refractivity contribution in [2.45, 2.75) is 22.6 Å². The number of hydrogen-bond donors (Lipinski definition) is 1. The Bertz CT molecular complexity index is 1350. The highest BCUT2D eigenvalue weighted by atomic mass is 35.5. The van der Waals surface area contributed by atoms with E-state index in [1.807, 2.05) is 18.2 Å². The summed E-state index contributed by atoms with van der Waals surface area (Å²) in [6.07, 6.45) is 0.895. The van der Waals surface area contributed by atoms with Gasteiger partial charge in [0.2, 0.25) is 11.8 Å². The first kappa shape index (κ1) is 20.1. The van der Waals surface area contributed by atoms with Crippen LogP contribution in [0.3, 0.4) is 0 Å². The molecule has 3 heterocycles. The standard InChI is InChI=1S/C25H19ClN2O3S2/c26-12-6-8-13(9-7-12)28-23(29)18-14-10-15(19(18)24(28)30)20-17(14)16(11-4-2-1-3-5-11)21-22(32-20)27-25(31)33-21/h1-9,14-20H,10H2,(H,27,31)/t14-,15-,16?,17?,18?,19?,20?/m1/s1. The van der Waals surface area contributed by atoms with Crippen LogP contribution < -0.4 is 9.77 Å². The summed E-state index contributed by atoms with van der Waals surface area (Å²) < 4.78 is 0. The van der Waals surface area contributed by atoms with Crippen LogP contribution in [0.1, 0.15) is 22.8 Å². The van der Waals surface area contributed by atoms with Gasteiger partial charge in [-0.1, -0.05) is 53.3 Å². The van der Waals surface area contributed by atoms with Gasteiger partial charge in [-0.05, 0) is 54.0 Å². The van der Waals surface area contributed by atoms with Crippen molar-refractivity contribution in [2.75, 3.05) is 4.90 Å². The van der Waals surface area contributed by atoms with E-state index in [4.69, 9.17) is 11.6 Å². The van der Waals surface area contributed by atoms with E-state index in [2.05, 4.69) is 17.1 Å². The monoisotopic (exact) mass is 494 g/mol. The van der Waals surface area contributed by atoms with Gasteiger partial charge in [0.05, 0.1) is 22.5 Å². The molecule has 3 aromatic rings. The molecule has 3 fully saturated rings. The Morgan fingerprint density at radius 1 is 0.909 bits per heavy atom. The van der Waals surface area contributed by atoms with Gasteiger partial charge in [-0.2, -0.15) is 0 Å². The number of anilines is 1. The lowest BCUT2D eigenvalue weighted by Crippen LogP contribution is -2.42. The van der Waals surface area contributed by atoms with Crippen LogP contribution in [0.2, 0.25) is 5.02 Å². The van der Waals surface area contributed by atoms with Crippen LogP contribution >= 0.6 is 34.7 Å². The highest BCUT2D eigenvalue weighted by Crippen LogP contribution is 2.68. The van der Waals surface area contributed by atoms with Crippen molar-refractivity contribution in [3.05, 3.63) is 79.7 Å². The number of halogens is 1. The van der Waals surface area contributed by atoms with Crippen molar-refractivity contribution < 1.29 is 9.59 Å². The fraction of sp³-hybridized carbons (Fsp3) is 0.320. The average Bonchev–Trinajstić information content (AvgIpc) is 3.54. The molecule has 4 aliphatic rings. The molecule has 166 valence electrons. The summed E-state index contributed by atoms with van der Waals surface area (Å²) in [5.41, 5.74) is 1.78. The number of benzene rings is 2. The summed E-state index contributed by atoms with van der Waals surface area (Å²) in [7, 11) is 0. The van der Waals surface area contributed by atoms with Crippen LogP contribution in [0, 0.1) is 29.6 Å². The molecule has 7 rings (SSSR count). The smallest absolute Gasteiger partial charge is 0.305 e. The van der Waals surface area contributed by atoms with Crippen molar-refractivity contribution in [3.63, 3.8) is 0 Å². The van der Waals surface area contributed by atoms with E-state index in [-0.39, 0.29) is 57.4 Å². The second-order valence-corrected chi connectivity index (χ2v) is 12.0. The van der Waals surface area contributed by atoms with Gasteiger partial charge in [0.25, 0.3) is 0 Å². The molecule has 1 saturated heterocycles. The minimum atomic E-state index is -0.288. The Balaban J connectivity index is 1.33. The number of nitrogens with zero attached hydrogens (tertiary/aromatic N) is 1. The Labute approximate surface area is 203 Å². The molecule has 2 aliphatic heterocycles. The zero-order valence-electron chi connectivity index (χ0n) is 17.3. The molecule has 2 aromatic carbocycles. The quantitative estimate of drug-likeness (QED) is 0.521. The van der Waals surface area contributed by atoms with Crippen molar-refractivity contribution in [1.82, 2.24) is 4.98 Å². The first-order valence-electron chi connectivity index (χ1n) is 11.1. The van der Waals surface area contributed by atoms with Crippen molar-refractivity contribution in [3.8, 4) is 0 Å². The number of aromatic amines is 1. The van der Waals surface area contributed by atoms with E-state index in [0.29, 0.717) is 10.7 Å². The van der Waals surface area contributed by atoms with E-state index in [1.54, 1.807) is 36.0 Å². The third-order valence-electron chi connectivity index (χ3n) is 7.97. The number of nitrogens with one attached hydrogen (secondary N) is 1. The number of H-pyrrole nitrogens is 1. The second kappa shape index (κ2) is 7.08. The SMILES string of the molecule is O=C1C2C(C(=O)N1c1ccc(Cl)cc1)[C@@H]1C[C@H]2C2Sc3[nH]c(=O)sc3C(c3ccccc3)C21. The number of amides is 2.